The Labute approximate surface area is 197 Å². The average Bonchev–Trinajstić information content (AvgIpc) is 2.96. The largest absolute Gasteiger partial charge is 0.464 e. The molecule has 11 heteroatoms. The first-order chi connectivity index (χ1) is 14.5. The van der Waals surface area contributed by atoms with E-state index in [1.807, 2.05) is 0 Å². The van der Waals surface area contributed by atoms with Crippen LogP contribution in [0.4, 0.5) is 4.79 Å². The molecule has 1 rings (SSSR count). The Hall–Kier alpha value is -2.14. The van der Waals surface area contributed by atoms with E-state index in [0.29, 0.717) is 4.48 Å². The first-order valence-electron chi connectivity index (χ1n) is 10.2. The fourth-order valence-electron chi connectivity index (χ4n) is 3.02. The van der Waals surface area contributed by atoms with Gasteiger partial charge in [0.25, 0.3) is 0 Å². The third kappa shape index (κ3) is 7.19. The standard InChI is InChI=1S/C21H34BrN3O7/c1-11(2)14(17(27)24-15(12(3)22)18(28)30-9)23-16(26)13-10-31-21(7,8)25(13)19(29)32-20(4,5)6/h11,13-14H,10H2,1-9H3,(H,23,26)(H,24,27)/b15-12+/t13-,14-/m0/s1. The van der Waals surface area contributed by atoms with Crippen molar-refractivity contribution in [2.75, 3.05) is 13.7 Å². The van der Waals surface area contributed by atoms with Crippen molar-refractivity contribution in [3.8, 4) is 0 Å². The van der Waals surface area contributed by atoms with Gasteiger partial charge in [0, 0.05) is 4.48 Å². The van der Waals surface area contributed by atoms with Crippen LogP contribution in [0.5, 0.6) is 0 Å². The molecule has 0 bridgehead atoms. The first-order valence-corrected chi connectivity index (χ1v) is 11.0. The van der Waals surface area contributed by atoms with Gasteiger partial charge < -0.3 is 24.8 Å². The summed E-state index contributed by atoms with van der Waals surface area (Å²) in [7, 11) is 1.19. The Kier molecular flexibility index (Phi) is 9.28. The summed E-state index contributed by atoms with van der Waals surface area (Å²) < 4.78 is 16.1. The second-order valence-corrected chi connectivity index (χ2v) is 10.4. The minimum atomic E-state index is -1.08. The van der Waals surface area contributed by atoms with E-state index < -0.39 is 47.3 Å². The summed E-state index contributed by atoms with van der Waals surface area (Å²) in [6, 6.07) is -1.99. The van der Waals surface area contributed by atoms with Crippen LogP contribution in [-0.2, 0) is 28.6 Å². The van der Waals surface area contributed by atoms with Crippen LogP contribution in [0.3, 0.4) is 0 Å². The van der Waals surface area contributed by atoms with Gasteiger partial charge in [-0.05, 0) is 47.5 Å². The molecular formula is C21H34BrN3O7. The summed E-state index contributed by atoms with van der Waals surface area (Å²) >= 11 is 3.16. The van der Waals surface area contributed by atoms with Gasteiger partial charge >= 0.3 is 12.1 Å². The van der Waals surface area contributed by atoms with E-state index in [4.69, 9.17) is 9.47 Å². The summed E-state index contributed by atoms with van der Waals surface area (Å²) in [5, 5.41) is 5.17. The zero-order chi connectivity index (χ0) is 25.0. The van der Waals surface area contributed by atoms with Gasteiger partial charge in [-0.25, -0.2) is 9.59 Å². The van der Waals surface area contributed by atoms with Crippen LogP contribution in [0.15, 0.2) is 10.2 Å². The number of carbonyl (C=O) groups is 4. The number of methoxy groups -OCH3 is 1. The molecule has 0 unspecified atom stereocenters. The molecule has 2 atom stereocenters. The quantitative estimate of drug-likeness (QED) is 0.407. The summed E-state index contributed by atoms with van der Waals surface area (Å²) in [5.74, 6) is -2.23. The molecule has 10 nitrogen and oxygen atoms in total. The van der Waals surface area contributed by atoms with E-state index >= 15 is 0 Å². The molecule has 1 aliphatic heterocycles. The van der Waals surface area contributed by atoms with Gasteiger partial charge in [-0.1, -0.05) is 29.8 Å². The number of carbonyl (C=O) groups excluding carboxylic acids is 4. The predicted molar refractivity (Wildman–Crippen MR) is 120 cm³/mol. The lowest BCUT2D eigenvalue weighted by atomic mass is 10.0. The number of nitrogens with one attached hydrogen (secondary N) is 2. The van der Waals surface area contributed by atoms with E-state index in [1.54, 1.807) is 55.4 Å². The fraction of sp³-hybridized carbons (Fsp3) is 0.714. The molecule has 0 aromatic rings. The summed E-state index contributed by atoms with van der Waals surface area (Å²) in [6.07, 6.45) is -0.698. The van der Waals surface area contributed by atoms with Gasteiger partial charge in [0.2, 0.25) is 11.8 Å². The van der Waals surface area contributed by atoms with Crippen molar-refractivity contribution in [2.24, 2.45) is 5.92 Å². The van der Waals surface area contributed by atoms with Crippen molar-refractivity contribution >= 4 is 39.8 Å². The Balaban J connectivity index is 3.09. The zero-order valence-electron chi connectivity index (χ0n) is 20.1. The number of nitrogens with zero attached hydrogens (tertiary/aromatic N) is 1. The Morgan fingerprint density at radius 3 is 2.19 bits per heavy atom. The third-order valence-electron chi connectivity index (χ3n) is 4.61. The number of hydrogen-bond donors (Lipinski definition) is 2. The number of halogens is 1. The molecule has 182 valence electrons. The SMILES string of the molecule is COC(=O)/C(NC(=O)[C@@H](NC(=O)[C@@H]1COC(C)(C)N1C(=O)OC(C)(C)C)C(C)C)=C(/C)Br. The molecule has 0 aliphatic carbocycles. The smallest absolute Gasteiger partial charge is 0.413 e. The van der Waals surface area contributed by atoms with Crippen LogP contribution in [-0.4, -0.2) is 65.9 Å². The molecule has 32 heavy (non-hydrogen) atoms. The first kappa shape index (κ1) is 27.9. The van der Waals surface area contributed by atoms with Gasteiger partial charge in [-0.2, -0.15) is 0 Å². The lowest BCUT2D eigenvalue weighted by Gasteiger charge is -2.35. The number of ether oxygens (including phenoxy) is 3. The normalized spacial score (nSPS) is 19.7. The molecular weight excluding hydrogens is 486 g/mol. The minimum absolute atomic E-state index is 0.0572. The lowest BCUT2D eigenvalue weighted by molar-refractivity contribution is -0.138. The highest BCUT2D eigenvalue weighted by atomic mass is 79.9. The average molecular weight is 520 g/mol. The fourth-order valence-corrected chi connectivity index (χ4v) is 3.28. The highest BCUT2D eigenvalue weighted by Gasteiger charge is 2.49. The summed E-state index contributed by atoms with van der Waals surface area (Å²) in [4.78, 5) is 51.9. The van der Waals surface area contributed by atoms with Crippen molar-refractivity contribution in [2.45, 2.75) is 78.8 Å². The van der Waals surface area contributed by atoms with Crippen molar-refractivity contribution in [1.29, 1.82) is 0 Å². The lowest BCUT2D eigenvalue weighted by Crippen LogP contribution is -2.58. The number of esters is 1. The molecule has 1 heterocycles. The number of rotatable bonds is 6. The Bertz CT molecular complexity index is 783. The van der Waals surface area contributed by atoms with E-state index in [2.05, 4.69) is 31.3 Å². The van der Waals surface area contributed by atoms with Crippen LogP contribution in [0.2, 0.25) is 0 Å². The second kappa shape index (κ2) is 10.7. The molecule has 3 amide bonds. The van der Waals surface area contributed by atoms with Crippen molar-refractivity contribution in [1.82, 2.24) is 15.5 Å². The van der Waals surface area contributed by atoms with Crippen LogP contribution < -0.4 is 10.6 Å². The molecule has 2 N–H and O–H groups in total. The number of amides is 3. The third-order valence-corrected chi connectivity index (χ3v) is 5.00. The van der Waals surface area contributed by atoms with Crippen LogP contribution in [0.25, 0.3) is 0 Å². The van der Waals surface area contributed by atoms with Crippen LogP contribution >= 0.6 is 15.9 Å². The summed E-state index contributed by atoms with van der Waals surface area (Å²) in [5.41, 5.74) is -1.91. The second-order valence-electron chi connectivity index (χ2n) is 9.24. The van der Waals surface area contributed by atoms with Crippen molar-refractivity contribution in [3.05, 3.63) is 10.2 Å². The van der Waals surface area contributed by atoms with Gasteiger partial charge in [-0.3, -0.25) is 14.5 Å². The highest BCUT2D eigenvalue weighted by Crippen LogP contribution is 2.29. The molecule has 0 radical (unpaired) electrons. The molecule has 1 fully saturated rings. The zero-order valence-corrected chi connectivity index (χ0v) is 21.7. The van der Waals surface area contributed by atoms with E-state index in [9.17, 15) is 19.2 Å². The van der Waals surface area contributed by atoms with Gasteiger partial charge in [0.1, 0.15) is 29.1 Å². The topological polar surface area (TPSA) is 123 Å². The van der Waals surface area contributed by atoms with Crippen LogP contribution in [0.1, 0.15) is 55.4 Å². The van der Waals surface area contributed by atoms with Crippen molar-refractivity contribution < 1.29 is 33.4 Å². The van der Waals surface area contributed by atoms with Crippen molar-refractivity contribution in [3.63, 3.8) is 0 Å². The maximum Gasteiger partial charge on any atom is 0.413 e. The van der Waals surface area contributed by atoms with Crippen LogP contribution in [0, 0.1) is 5.92 Å². The monoisotopic (exact) mass is 519 g/mol. The molecule has 1 aliphatic rings. The molecule has 0 aromatic heterocycles. The molecule has 0 spiro atoms. The molecule has 1 saturated heterocycles. The minimum Gasteiger partial charge on any atom is -0.464 e. The van der Waals surface area contributed by atoms with E-state index in [-0.39, 0.29) is 18.2 Å². The molecule has 0 aromatic carbocycles. The van der Waals surface area contributed by atoms with Gasteiger partial charge in [-0.15, -0.1) is 0 Å². The van der Waals surface area contributed by atoms with Gasteiger partial charge in [0.15, 0.2) is 0 Å². The van der Waals surface area contributed by atoms with E-state index in [0.717, 1.165) is 0 Å². The Morgan fingerprint density at radius 1 is 1.19 bits per heavy atom. The van der Waals surface area contributed by atoms with Gasteiger partial charge in [0.05, 0.1) is 13.7 Å². The highest BCUT2D eigenvalue weighted by molar-refractivity contribution is 9.11. The summed E-state index contributed by atoms with van der Waals surface area (Å²) in [6.45, 7) is 13.5. The van der Waals surface area contributed by atoms with E-state index in [1.165, 1.54) is 12.0 Å². The maximum atomic E-state index is 13.1. The maximum absolute atomic E-state index is 13.1. The number of hydrogen-bond acceptors (Lipinski definition) is 7. The number of allylic oxidation sites excluding steroid dienone is 1. The predicted octanol–water partition coefficient (Wildman–Crippen LogP) is 2.41. The molecule has 0 saturated carbocycles. The Morgan fingerprint density at radius 2 is 1.75 bits per heavy atom.